The van der Waals surface area contributed by atoms with Crippen molar-refractivity contribution in [2.45, 2.75) is 32.2 Å². The molecule has 0 fully saturated rings. The predicted molar refractivity (Wildman–Crippen MR) is 73.0 cm³/mol. The molecule has 0 unspecified atom stereocenters. The molecule has 0 saturated heterocycles. The van der Waals surface area contributed by atoms with Crippen LogP contribution in [0.5, 0.6) is 0 Å². The van der Waals surface area contributed by atoms with Gasteiger partial charge in [-0.3, -0.25) is 0 Å². The summed E-state index contributed by atoms with van der Waals surface area (Å²) in [5.41, 5.74) is 2.27. The van der Waals surface area contributed by atoms with E-state index in [2.05, 4.69) is 51.8 Å². The molecule has 1 atom stereocenters. The molecule has 0 radical (unpaired) electrons. The van der Waals surface area contributed by atoms with Crippen LogP contribution in [0.25, 0.3) is 11.3 Å². The Morgan fingerprint density at radius 1 is 1.35 bits per heavy atom. The molecule has 1 aliphatic heterocycles. The summed E-state index contributed by atoms with van der Waals surface area (Å²) < 4.78 is 3.42. The second-order valence-electron chi connectivity index (χ2n) is 4.70. The molecule has 17 heavy (non-hydrogen) atoms. The topological polar surface area (TPSA) is 17.8 Å². The van der Waals surface area contributed by atoms with E-state index < -0.39 is 0 Å². The first-order chi connectivity index (χ1) is 8.25. The standard InChI is InChI=1S/C14H15BrN2/c1-10-5-4-8-17-9-13(16-14(10)17)11-6-2-3-7-12(11)15/h2-3,6-7,9-10H,4-5,8H2,1H3/t10-/m0/s1. The maximum atomic E-state index is 4.80. The van der Waals surface area contributed by atoms with Crippen LogP contribution in [0.4, 0.5) is 0 Å². The normalized spacial score (nSPS) is 19.1. The van der Waals surface area contributed by atoms with E-state index in [1.165, 1.54) is 24.2 Å². The summed E-state index contributed by atoms with van der Waals surface area (Å²) in [4.78, 5) is 4.80. The fraction of sp³-hybridized carbons (Fsp3) is 0.357. The molecule has 0 N–H and O–H groups in total. The number of aromatic nitrogens is 2. The van der Waals surface area contributed by atoms with Crippen molar-refractivity contribution in [3.63, 3.8) is 0 Å². The average Bonchev–Trinajstić information content (AvgIpc) is 2.75. The Morgan fingerprint density at radius 2 is 2.18 bits per heavy atom. The zero-order chi connectivity index (χ0) is 11.8. The van der Waals surface area contributed by atoms with Crippen LogP contribution in [0, 0.1) is 0 Å². The summed E-state index contributed by atoms with van der Waals surface area (Å²) in [5.74, 6) is 1.82. The largest absolute Gasteiger partial charge is 0.334 e. The van der Waals surface area contributed by atoms with Crippen LogP contribution in [0.1, 0.15) is 31.5 Å². The van der Waals surface area contributed by atoms with Gasteiger partial charge in [-0.2, -0.15) is 0 Å². The molecule has 3 heteroatoms. The quantitative estimate of drug-likeness (QED) is 0.769. The highest BCUT2D eigenvalue weighted by Gasteiger charge is 2.20. The third kappa shape index (κ3) is 1.93. The molecule has 2 nitrogen and oxygen atoms in total. The molecule has 0 saturated carbocycles. The number of halogens is 1. The molecule has 3 rings (SSSR count). The average molecular weight is 291 g/mol. The highest BCUT2D eigenvalue weighted by atomic mass is 79.9. The van der Waals surface area contributed by atoms with E-state index in [9.17, 15) is 0 Å². The fourth-order valence-electron chi connectivity index (χ4n) is 2.50. The van der Waals surface area contributed by atoms with Crippen molar-refractivity contribution >= 4 is 15.9 Å². The fourth-order valence-corrected chi connectivity index (χ4v) is 2.99. The van der Waals surface area contributed by atoms with Gasteiger partial charge in [0.25, 0.3) is 0 Å². The Hall–Kier alpha value is -1.09. The minimum absolute atomic E-state index is 0.583. The second-order valence-corrected chi connectivity index (χ2v) is 5.56. The Bertz CT molecular complexity index is 545. The number of nitrogens with zero attached hydrogens (tertiary/aromatic N) is 2. The molecule has 0 spiro atoms. The minimum Gasteiger partial charge on any atom is -0.334 e. The molecular formula is C14H15BrN2. The lowest BCUT2D eigenvalue weighted by atomic mass is 10.0. The molecule has 0 aliphatic carbocycles. The zero-order valence-electron chi connectivity index (χ0n) is 9.86. The van der Waals surface area contributed by atoms with Gasteiger partial charge >= 0.3 is 0 Å². The van der Waals surface area contributed by atoms with Crippen molar-refractivity contribution in [1.82, 2.24) is 9.55 Å². The maximum Gasteiger partial charge on any atom is 0.112 e. The lowest BCUT2D eigenvalue weighted by Crippen LogP contribution is -2.12. The molecule has 0 bridgehead atoms. The molecule has 0 amide bonds. The number of rotatable bonds is 1. The summed E-state index contributed by atoms with van der Waals surface area (Å²) in [6, 6.07) is 8.27. The van der Waals surface area contributed by atoms with Gasteiger partial charge in [0.05, 0.1) is 5.69 Å². The molecule has 1 aliphatic rings. The van der Waals surface area contributed by atoms with Gasteiger partial charge in [-0.15, -0.1) is 0 Å². The SMILES string of the molecule is C[C@H]1CCCn2cc(-c3ccccc3Br)nc21. The lowest BCUT2D eigenvalue weighted by Gasteiger charge is -2.19. The maximum absolute atomic E-state index is 4.80. The molecule has 2 heterocycles. The van der Waals surface area contributed by atoms with E-state index in [0.717, 1.165) is 16.7 Å². The van der Waals surface area contributed by atoms with Crippen LogP contribution >= 0.6 is 15.9 Å². The number of imidazole rings is 1. The molecular weight excluding hydrogens is 276 g/mol. The monoisotopic (exact) mass is 290 g/mol. The summed E-state index contributed by atoms with van der Waals surface area (Å²) >= 11 is 3.59. The summed E-state index contributed by atoms with van der Waals surface area (Å²) in [6.07, 6.45) is 4.71. The van der Waals surface area contributed by atoms with E-state index in [4.69, 9.17) is 4.98 Å². The van der Waals surface area contributed by atoms with Crippen LogP contribution in [-0.4, -0.2) is 9.55 Å². The van der Waals surface area contributed by atoms with Crippen molar-refractivity contribution in [3.8, 4) is 11.3 Å². The number of hydrogen-bond donors (Lipinski definition) is 0. The summed E-state index contributed by atoms with van der Waals surface area (Å²) in [6.45, 7) is 3.37. The van der Waals surface area contributed by atoms with Crippen molar-refractivity contribution in [2.75, 3.05) is 0 Å². The van der Waals surface area contributed by atoms with E-state index in [0.29, 0.717) is 5.92 Å². The molecule has 2 aromatic rings. The Kier molecular flexibility index (Phi) is 2.79. The van der Waals surface area contributed by atoms with E-state index in [1.54, 1.807) is 0 Å². The van der Waals surface area contributed by atoms with E-state index >= 15 is 0 Å². The van der Waals surface area contributed by atoms with E-state index in [1.807, 2.05) is 6.07 Å². The van der Waals surface area contributed by atoms with E-state index in [-0.39, 0.29) is 0 Å². The smallest absolute Gasteiger partial charge is 0.112 e. The van der Waals surface area contributed by atoms with Crippen molar-refractivity contribution < 1.29 is 0 Å². The van der Waals surface area contributed by atoms with Gasteiger partial charge in [0.2, 0.25) is 0 Å². The highest BCUT2D eigenvalue weighted by Crippen LogP contribution is 2.32. The molecule has 1 aromatic heterocycles. The van der Waals surface area contributed by atoms with Gasteiger partial charge in [-0.1, -0.05) is 41.1 Å². The zero-order valence-corrected chi connectivity index (χ0v) is 11.4. The summed E-state index contributed by atoms with van der Waals surface area (Å²) in [5, 5.41) is 0. The van der Waals surface area contributed by atoms with Gasteiger partial charge in [-0.05, 0) is 18.9 Å². The van der Waals surface area contributed by atoms with Gasteiger partial charge < -0.3 is 4.57 Å². The number of fused-ring (bicyclic) bond motifs is 1. The van der Waals surface area contributed by atoms with Crippen molar-refractivity contribution in [3.05, 3.63) is 40.8 Å². The first-order valence-corrected chi connectivity index (χ1v) is 6.87. The van der Waals surface area contributed by atoms with Crippen LogP contribution in [0.3, 0.4) is 0 Å². The van der Waals surface area contributed by atoms with Crippen molar-refractivity contribution in [2.24, 2.45) is 0 Å². The molecule has 1 aromatic carbocycles. The third-order valence-electron chi connectivity index (χ3n) is 3.43. The minimum atomic E-state index is 0.583. The van der Waals surface area contributed by atoms with Crippen LogP contribution in [0.2, 0.25) is 0 Å². The third-order valence-corrected chi connectivity index (χ3v) is 4.13. The first kappa shape index (κ1) is 11.0. The first-order valence-electron chi connectivity index (χ1n) is 6.07. The number of benzene rings is 1. The van der Waals surface area contributed by atoms with Gasteiger partial charge in [0.1, 0.15) is 5.82 Å². The lowest BCUT2D eigenvalue weighted by molar-refractivity contribution is 0.463. The highest BCUT2D eigenvalue weighted by molar-refractivity contribution is 9.10. The van der Waals surface area contributed by atoms with Crippen LogP contribution in [0.15, 0.2) is 34.9 Å². The second kappa shape index (κ2) is 4.30. The number of aryl methyl sites for hydroxylation is 1. The van der Waals surface area contributed by atoms with Crippen molar-refractivity contribution in [1.29, 1.82) is 0 Å². The molecule has 88 valence electrons. The predicted octanol–water partition coefficient (Wildman–Crippen LogP) is 4.21. The van der Waals surface area contributed by atoms with Gasteiger partial charge in [0.15, 0.2) is 0 Å². The van der Waals surface area contributed by atoms with Gasteiger partial charge in [-0.25, -0.2) is 4.98 Å². The Balaban J connectivity index is 2.08. The number of hydrogen-bond acceptors (Lipinski definition) is 1. The van der Waals surface area contributed by atoms with Gasteiger partial charge in [0, 0.05) is 28.7 Å². The Morgan fingerprint density at radius 3 is 2.94 bits per heavy atom. The summed E-state index contributed by atoms with van der Waals surface area (Å²) in [7, 11) is 0. The van der Waals surface area contributed by atoms with Crippen LogP contribution in [-0.2, 0) is 6.54 Å². The Labute approximate surface area is 110 Å². The van der Waals surface area contributed by atoms with Crippen LogP contribution < -0.4 is 0 Å².